The third-order valence-electron chi connectivity index (χ3n) is 5.70. The number of benzene rings is 1. The second-order valence-electron chi connectivity index (χ2n) is 8.77. The average molecular weight is 469 g/mol. The summed E-state index contributed by atoms with van der Waals surface area (Å²) in [6.07, 6.45) is 2.87. The molecule has 174 valence electrons. The standard InChI is InChI=1S/C23H28N6O3S/c1-15(2)18-13-17(9-10-20(18)33(5,31)32)27-11-12-28(23(27)30)21-8-6-7-19(25-21)22-26-24-14-29(22)16(3)4/h6-10,13-16H,11-12H2,1-5H3. The van der Waals surface area contributed by atoms with Crippen LogP contribution in [-0.4, -0.2) is 53.5 Å². The van der Waals surface area contributed by atoms with Crippen molar-refractivity contribution < 1.29 is 13.2 Å². The second kappa shape index (κ2) is 8.58. The van der Waals surface area contributed by atoms with Gasteiger partial charge in [0.25, 0.3) is 0 Å². The van der Waals surface area contributed by atoms with Gasteiger partial charge >= 0.3 is 6.03 Å². The average Bonchev–Trinajstić information content (AvgIpc) is 3.40. The van der Waals surface area contributed by atoms with E-state index >= 15 is 0 Å². The number of carbonyl (C=O) groups excluding carboxylic acids is 1. The smallest absolute Gasteiger partial charge is 0.310 e. The van der Waals surface area contributed by atoms with Crippen LogP contribution in [-0.2, 0) is 9.84 Å². The maximum absolute atomic E-state index is 13.3. The lowest BCUT2D eigenvalue weighted by Gasteiger charge is -2.21. The molecule has 0 atom stereocenters. The van der Waals surface area contributed by atoms with Crippen LogP contribution in [0.4, 0.5) is 16.3 Å². The third kappa shape index (κ3) is 4.35. The fourth-order valence-corrected chi connectivity index (χ4v) is 5.02. The molecule has 0 aliphatic carbocycles. The minimum atomic E-state index is -3.36. The van der Waals surface area contributed by atoms with Crippen molar-refractivity contribution in [1.82, 2.24) is 19.7 Å². The fraction of sp³-hybridized carbons (Fsp3) is 0.391. The summed E-state index contributed by atoms with van der Waals surface area (Å²) in [5.41, 5.74) is 2.02. The van der Waals surface area contributed by atoms with Crippen molar-refractivity contribution >= 4 is 27.4 Å². The zero-order valence-electron chi connectivity index (χ0n) is 19.4. The van der Waals surface area contributed by atoms with E-state index in [2.05, 4.69) is 15.2 Å². The Morgan fingerprint density at radius 3 is 2.39 bits per heavy atom. The van der Waals surface area contributed by atoms with Crippen molar-refractivity contribution in [2.24, 2.45) is 0 Å². The molecule has 3 heterocycles. The number of carbonyl (C=O) groups is 1. The van der Waals surface area contributed by atoms with Crippen molar-refractivity contribution in [2.75, 3.05) is 29.1 Å². The molecule has 0 saturated carbocycles. The number of sulfone groups is 1. The first-order valence-corrected chi connectivity index (χ1v) is 12.8. The van der Waals surface area contributed by atoms with E-state index < -0.39 is 9.84 Å². The molecule has 0 N–H and O–H groups in total. The summed E-state index contributed by atoms with van der Waals surface area (Å²) in [6, 6.07) is 10.6. The first-order valence-electron chi connectivity index (χ1n) is 10.9. The predicted molar refractivity (Wildman–Crippen MR) is 127 cm³/mol. The first kappa shape index (κ1) is 22.9. The Morgan fingerprint density at radius 1 is 1.00 bits per heavy atom. The number of aromatic nitrogens is 4. The minimum absolute atomic E-state index is 0.000129. The molecule has 3 aromatic rings. The number of anilines is 2. The predicted octanol–water partition coefficient (Wildman–Crippen LogP) is 3.89. The van der Waals surface area contributed by atoms with Gasteiger partial charge in [0, 0.05) is 31.1 Å². The van der Waals surface area contributed by atoms with Crippen molar-refractivity contribution in [3.8, 4) is 11.5 Å². The molecule has 1 aliphatic rings. The number of hydrogen-bond donors (Lipinski definition) is 0. The van der Waals surface area contributed by atoms with Gasteiger partial charge in [0.2, 0.25) is 0 Å². The van der Waals surface area contributed by atoms with Gasteiger partial charge < -0.3 is 4.57 Å². The van der Waals surface area contributed by atoms with Crippen LogP contribution in [0.15, 0.2) is 47.6 Å². The highest BCUT2D eigenvalue weighted by atomic mass is 32.2. The second-order valence-corrected chi connectivity index (χ2v) is 10.8. The minimum Gasteiger partial charge on any atom is -0.310 e. The largest absolute Gasteiger partial charge is 0.330 e. The fourth-order valence-electron chi connectivity index (χ4n) is 3.98. The Bertz CT molecular complexity index is 1300. The molecular weight excluding hydrogens is 440 g/mol. The first-order chi connectivity index (χ1) is 15.6. The monoisotopic (exact) mass is 468 g/mol. The van der Waals surface area contributed by atoms with Crippen molar-refractivity contribution in [1.29, 1.82) is 0 Å². The molecule has 0 radical (unpaired) electrons. The molecule has 9 nitrogen and oxygen atoms in total. The van der Waals surface area contributed by atoms with Gasteiger partial charge in [-0.3, -0.25) is 9.80 Å². The molecule has 0 spiro atoms. The summed E-state index contributed by atoms with van der Waals surface area (Å²) in [4.78, 5) is 21.6. The molecule has 2 amide bonds. The summed E-state index contributed by atoms with van der Waals surface area (Å²) in [7, 11) is -3.36. The van der Waals surface area contributed by atoms with Crippen LogP contribution in [0.25, 0.3) is 11.5 Å². The van der Waals surface area contributed by atoms with Crippen LogP contribution < -0.4 is 9.80 Å². The van der Waals surface area contributed by atoms with Gasteiger partial charge in [-0.15, -0.1) is 10.2 Å². The Morgan fingerprint density at radius 2 is 1.73 bits per heavy atom. The van der Waals surface area contributed by atoms with E-state index in [-0.39, 0.29) is 18.0 Å². The van der Waals surface area contributed by atoms with Gasteiger partial charge in [-0.2, -0.15) is 0 Å². The summed E-state index contributed by atoms with van der Waals surface area (Å²) in [5.74, 6) is 1.18. The zero-order valence-corrected chi connectivity index (χ0v) is 20.2. The van der Waals surface area contributed by atoms with Crippen LogP contribution in [0.5, 0.6) is 0 Å². The number of hydrogen-bond acceptors (Lipinski definition) is 6. The molecule has 1 fully saturated rings. The lowest BCUT2D eigenvalue weighted by atomic mass is 10.0. The van der Waals surface area contributed by atoms with E-state index in [1.165, 1.54) is 6.26 Å². The molecule has 33 heavy (non-hydrogen) atoms. The lowest BCUT2D eigenvalue weighted by Crippen LogP contribution is -2.32. The maximum Gasteiger partial charge on any atom is 0.330 e. The van der Waals surface area contributed by atoms with E-state index in [0.717, 1.165) is 0 Å². The molecular formula is C23H28N6O3S. The van der Waals surface area contributed by atoms with Crippen LogP contribution >= 0.6 is 0 Å². The maximum atomic E-state index is 13.3. The van der Waals surface area contributed by atoms with E-state index in [1.54, 1.807) is 40.4 Å². The topological polar surface area (TPSA) is 101 Å². The van der Waals surface area contributed by atoms with Gasteiger partial charge in [0.15, 0.2) is 15.7 Å². The third-order valence-corrected chi connectivity index (χ3v) is 6.88. The summed E-state index contributed by atoms with van der Waals surface area (Å²) >= 11 is 0. The highest BCUT2D eigenvalue weighted by Crippen LogP contribution is 2.31. The summed E-state index contributed by atoms with van der Waals surface area (Å²) < 4.78 is 26.3. The van der Waals surface area contributed by atoms with Gasteiger partial charge in [-0.1, -0.05) is 19.9 Å². The number of urea groups is 1. The zero-order chi connectivity index (χ0) is 23.9. The molecule has 2 aromatic heterocycles. The van der Waals surface area contributed by atoms with Gasteiger partial charge in [-0.25, -0.2) is 18.2 Å². The molecule has 1 saturated heterocycles. The Balaban J connectivity index is 1.64. The number of amides is 2. The highest BCUT2D eigenvalue weighted by molar-refractivity contribution is 7.90. The van der Waals surface area contributed by atoms with Crippen LogP contribution in [0.3, 0.4) is 0 Å². The summed E-state index contributed by atoms with van der Waals surface area (Å²) in [5, 5.41) is 8.20. The number of rotatable bonds is 6. The normalized spacial score (nSPS) is 14.7. The Labute approximate surface area is 194 Å². The molecule has 1 aromatic carbocycles. The number of nitrogens with zero attached hydrogens (tertiary/aromatic N) is 6. The molecule has 10 heteroatoms. The van der Waals surface area contributed by atoms with Crippen LogP contribution in [0, 0.1) is 0 Å². The van der Waals surface area contributed by atoms with Crippen molar-refractivity contribution in [3.05, 3.63) is 48.3 Å². The Kier molecular flexibility index (Phi) is 5.96. The Hall–Kier alpha value is -3.27. The SMILES string of the molecule is CC(C)c1cc(N2CCN(c3cccc(-c4nncn4C(C)C)n3)C2=O)ccc1S(C)(=O)=O. The molecule has 0 bridgehead atoms. The van der Waals surface area contributed by atoms with Gasteiger partial charge in [0.05, 0.1) is 4.90 Å². The van der Waals surface area contributed by atoms with E-state index in [9.17, 15) is 13.2 Å². The molecule has 4 rings (SSSR count). The quantitative estimate of drug-likeness (QED) is 0.544. The molecule has 1 aliphatic heterocycles. The van der Waals surface area contributed by atoms with E-state index in [0.29, 0.717) is 46.6 Å². The summed E-state index contributed by atoms with van der Waals surface area (Å²) in [6.45, 7) is 8.91. The highest BCUT2D eigenvalue weighted by Gasteiger charge is 2.32. The van der Waals surface area contributed by atoms with Gasteiger partial charge in [0.1, 0.15) is 17.8 Å². The lowest BCUT2D eigenvalue weighted by molar-refractivity contribution is 0.255. The van der Waals surface area contributed by atoms with Crippen molar-refractivity contribution in [3.63, 3.8) is 0 Å². The molecule has 0 unspecified atom stereocenters. The van der Waals surface area contributed by atoms with Crippen LogP contribution in [0.2, 0.25) is 0 Å². The van der Waals surface area contributed by atoms with Crippen LogP contribution in [0.1, 0.15) is 45.2 Å². The van der Waals surface area contributed by atoms with E-state index in [4.69, 9.17) is 0 Å². The van der Waals surface area contributed by atoms with E-state index in [1.807, 2.05) is 44.4 Å². The van der Waals surface area contributed by atoms with Gasteiger partial charge in [-0.05, 0) is 55.7 Å². The van der Waals surface area contributed by atoms with Crippen molar-refractivity contribution in [2.45, 2.75) is 44.6 Å². The number of pyridine rings is 1.